The molecule has 5 rings (SSSR count). The number of aromatic nitrogens is 2. The van der Waals surface area contributed by atoms with Crippen molar-refractivity contribution in [3.8, 4) is 11.5 Å². The molecule has 0 saturated carbocycles. The van der Waals surface area contributed by atoms with Gasteiger partial charge in [0.2, 0.25) is 0 Å². The number of nitrogens with zero attached hydrogens (tertiary/aromatic N) is 3. The minimum Gasteiger partial charge on any atom is -0.486 e. The highest BCUT2D eigenvalue weighted by atomic mass is 32.1. The highest BCUT2D eigenvalue weighted by molar-refractivity contribution is 7.22. The Kier molecular flexibility index (Phi) is 5.33. The van der Waals surface area contributed by atoms with E-state index in [1.807, 2.05) is 60.7 Å². The van der Waals surface area contributed by atoms with E-state index >= 15 is 0 Å². The minimum atomic E-state index is -0.149. The second-order valence-electron chi connectivity index (χ2n) is 6.99. The Hall–Kier alpha value is -3.71. The van der Waals surface area contributed by atoms with Crippen molar-refractivity contribution in [3.63, 3.8) is 0 Å². The van der Waals surface area contributed by atoms with Crippen LogP contribution < -0.4 is 14.4 Å². The molecule has 7 heteroatoms. The first kappa shape index (κ1) is 19.3. The van der Waals surface area contributed by atoms with E-state index in [2.05, 4.69) is 4.98 Å². The van der Waals surface area contributed by atoms with Crippen LogP contribution in [0.2, 0.25) is 0 Å². The van der Waals surface area contributed by atoms with Crippen LogP contribution in [0.25, 0.3) is 16.3 Å². The summed E-state index contributed by atoms with van der Waals surface area (Å²) in [5.74, 6) is 1.25. The van der Waals surface area contributed by atoms with Gasteiger partial charge < -0.3 is 9.47 Å². The molecule has 4 aromatic rings. The average molecular weight is 430 g/mol. The predicted molar refractivity (Wildman–Crippen MR) is 122 cm³/mol. The number of thiazole rings is 1. The molecule has 1 aliphatic heterocycles. The fourth-order valence-electron chi connectivity index (χ4n) is 3.30. The molecule has 1 amide bonds. The lowest BCUT2D eigenvalue weighted by Crippen LogP contribution is -2.28. The summed E-state index contributed by atoms with van der Waals surface area (Å²) in [6, 6.07) is 17.3. The van der Waals surface area contributed by atoms with Gasteiger partial charge in [0, 0.05) is 30.6 Å². The molecule has 1 aliphatic rings. The maximum absolute atomic E-state index is 13.2. The molecule has 0 saturated heterocycles. The number of pyridine rings is 1. The van der Waals surface area contributed by atoms with Crippen molar-refractivity contribution in [2.45, 2.75) is 6.54 Å². The number of fused-ring (bicyclic) bond motifs is 2. The third-order valence-electron chi connectivity index (χ3n) is 4.82. The molecule has 0 bridgehead atoms. The van der Waals surface area contributed by atoms with Crippen molar-refractivity contribution in [1.29, 1.82) is 0 Å². The Morgan fingerprint density at radius 3 is 2.65 bits per heavy atom. The van der Waals surface area contributed by atoms with Crippen LogP contribution in [-0.4, -0.2) is 29.1 Å². The largest absolute Gasteiger partial charge is 0.486 e. The molecule has 0 unspecified atom stereocenters. The van der Waals surface area contributed by atoms with Crippen molar-refractivity contribution in [3.05, 3.63) is 84.2 Å². The maximum Gasteiger partial charge on any atom is 0.253 e. The first-order valence-electron chi connectivity index (χ1n) is 9.90. The van der Waals surface area contributed by atoms with Crippen LogP contribution in [0.5, 0.6) is 11.5 Å². The molecule has 154 valence electrons. The number of hydrogen-bond acceptors (Lipinski definition) is 6. The van der Waals surface area contributed by atoms with Gasteiger partial charge in [0.05, 0.1) is 16.8 Å². The summed E-state index contributed by atoms with van der Waals surface area (Å²) in [5, 5.41) is 0.615. The quantitative estimate of drug-likeness (QED) is 0.430. The van der Waals surface area contributed by atoms with E-state index in [4.69, 9.17) is 14.5 Å². The Balaban J connectivity index is 1.50. The van der Waals surface area contributed by atoms with Gasteiger partial charge in [-0.05, 0) is 23.3 Å². The van der Waals surface area contributed by atoms with Crippen LogP contribution in [0.15, 0.2) is 73.1 Å². The Morgan fingerprint density at radius 2 is 1.87 bits per heavy atom. The van der Waals surface area contributed by atoms with Gasteiger partial charge >= 0.3 is 0 Å². The SMILES string of the molecule is O=C(/C=C/c1ccccc1)N(Cc1cccnc1)c1nc2cc3c(cc2s1)OCCO3. The van der Waals surface area contributed by atoms with Crippen molar-refractivity contribution < 1.29 is 14.3 Å². The van der Waals surface area contributed by atoms with Crippen LogP contribution in [0, 0.1) is 0 Å². The molecular weight excluding hydrogens is 410 g/mol. The van der Waals surface area contributed by atoms with E-state index in [1.165, 1.54) is 11.3 Å². The number of rotatable bonds is 5. The number of carbonyl (C=O) groups excluding carboxylic acids is 1. The van der Waals surface area contributed by atoms with Crippen molar-refractivity contribution in [1.82, 2.24) is 9.97 Å². The zero-order valence-corrected chi connectivity index (χ0v) is 17.4. The summed E-state index contributed by atoms with van der Waals surface area (Å²) in [6.45, 7) is 1.42. The van der Waals surface area contributed by atoms with Crippen LogP contribution >= 0.6 is 11.3 Å². The Labute approximate surface area is 183 Å². The fraction of sp³-hybridized carbons (Fsp3) is 0.125. The van der Waals surface area contributed by atoms with E-state index in [0.29, 0.717) is 36.4 Å². The van der Waals surface area contributed by atoms with Gasteiger partial charge in [0.15, 0.2) is 16.6 Å². The molecule has 0 N–H and O–H groups in total. The molecule has 0 aliphatic carbocycles. The topological polar surface area (TPSA) is 64.6 Å². The lowest BCUT2D eigenvalue weighted by atomic mass is 10.2. The van der Waals surface area contributed by atoms with E-state index in [1.54, 1.807) is 23.4 Å². The summed E-state index contributed by atoms with van der Waals surface area (Å²) < 4.78 is 12.3. The van der Waals surface area contributed by atoms with Crippen LogP contribution in [0.3, 0.4) is 0 Å². The Bertz CT molecular complexity index is 1200. The van der Waals surface area contributed by atoms with Crippen molar-refractivity contribution in [2.75, 3.05) is 18.1 Å². The summed E-state index contributed by atoms with van der Waals surface area (Å²) in [7, 11) is 0. The van der Waals surface area contributed by atoms with Crippen LogP contribution in [0.1, 0.15) is 11.1 Å². The molecular formula is C24H19N3O3S. The monoisotopic (exact) mass is 429 g/mol. The lowest BCUT2D eigenvalue weighted by molar-refractivity contribution is -0.114. The van der Waals surface area contributed by atoms with E-state index in [-0.39, 0.29) is 5.91 Å². The van der Waals surface area contributed by atoms with Crippen LogP contribution in [-0.2, 0) is 11.3 Å². The summed E-state index contributed by atoms with van der Waals surface area (Å²) >= 11 is 1.45. The number of anilines is 1. The molecule has 0 radical (unpaired) electrons. The summed E-state index contributed by atoms with van der Waals surface area (Å²) in [4.78, 5) is 23.8. The summed E-state index contributed by atoms with van der Waals surface area (Å²) in [6.07, 6.45) is 6.86. The highest BCUT2D eigenvalue weighted by Gasteiger charge is 2.21. The fourth-order valence-corrected chi connectivity index (χ4v) is 4.28. The smallest absolute Gasteiger partial charge is 0.253 e. The molecule has 0 fully saturated rings. The van der Waals surface area contributed by atoms with E-state index < -0.39 is 0 Å². The minimum absolute atomic E-state index is 0.149. The number of carbonyl (C=O) groups is 1. The molecule has 2 aromatic heterocycles. The van der Waals surface area contributed by atoms with E-state index in [0.717, 1.165) is 21.3 Å². The zero-order valence-electron chi connectivity index (χ0n) is 16.6. The first-order chi connectivity index (χ1) is 15.3. The van der Waals surface area contributed by atoms with Gasteiger partial charge in [-0.15, -0.1) is 0 Å². The van der Waals surface area contributed by atoms with Gasteiger partial charge in [-0.25, -0.2) is 4.98 Å². The van der Waals surface area contributed by atoms with Gasteiger partial charge in [-0.1, -0.05) is 47.7 Å². The number of amides is 1. The summed E-state index contributed by atoms with van der Waals surface area (Å²) in [5.41, 5.74) is 2.66. The van der Waals surface area contributed by atoms with Gasteiger partial charge in [-0.3, -0.25) is 14.7 Å². The third kappa shape index (κ3) is 4.27. The number of hydrogen-bond donors (Lipinski definition) is 0. The van der Waals surface area contributed by atoms with Gasteiger partial charge in [0.1, 0.15) is 13.2 Å². The molecule has 0 spiro atoms. The standard InChI is InChI=1S/C24H19N3O3S/c28-23(9-8-17-5-2-1-3-6-17)27(16-18-7-4-10-25-15-18)24-26-19-13-20-21(14-22(19)31-24)30-12-11-29-20/h1-10,13-15H,11-12,16H2/b9-8+. The maximum atomic E-state index is 13.2. The highest BCUT2D eigenvalue weighted by Crippen LogP contribution is 2.39. The van der Waals surface area contributed by atoms with Gasteiger partial charge in [0.25, 0.3) is 5.91 Å². The lowest BCUT2D eigenvalue weighted by Gasteiger charge is -2.18. The second-order valence-corrected chi connectivity index (χ2v) is 8.00. The zero-order chi connectivity index (χ0) is 21.0. The van der Waals surface area contributed by atoms with Crippen molar-refractivity contribution >= 4 is 38.7 Å². The molecule has 6 nitrogen and oxygen atoms in total. The van der Waals surface area contributed by atoms with Crippen molar-refractivity contribution in [2.24, 2.45) is 0 Å². The number of ether oxygens (including phenoxy) is 2. The Morgan fingerprint density at radius 1 is 1.06 bits per heavy atom. The molecule has 3 heterocycles. The first-order valence-corrected chi connectivity index (χ1v) is 10.7. The molecule has 0 atom stereocenters. The van der Waals surface area contributed by atoms with Gasteiger partial charge in [-0.2, -0.15) is 0 Å². The molecule has 2 aromatic carbocycles. The molecule has 31 heavy (non-hydrogen) atoms. The predicted octanol–water partition coefficient (Wildman–Crippen LogP) is 4.71. The third-order valence-corrected chi connectivity index (χ3v) is 5.86. The number of benzene rings is 2. The second kappa shape index (κ2) is 8.57. The van der Waals surface area contributed by atoms with E-state index in [9.17, 15) is 4.79 Å². The average Bonchev–Trinajstić information content (AvgIpc) is 3.23. The van der Waals surface area contributed by atoms with Crippen LogP contribution in [0.4, 0.5) is 5.13 Å². The normalized spacial score (nSPS) is 12.9.